The summed E-state index contributed by atoms with van der Waals surface area (Å²) < 4.78 is 1.75. The van der Waals surface area contributed by atoms with Gasteiger partial charge in [-0.2, -0.15) is 5.10 Å². The van der Waals surface area contributed by atoms with Crippen LogP contribution >= 0.6 is 11.6 Å². The highest BCUT2D eigenvalue weighted by Crippen LogP contribution is 2.28. The minimum Gasteiger partial charge on any atom is -0.375 e. The maximum Gasteiger partial charge on any atom is 0.292 e. The van der Waals surface area contributed by atoms with Gasteiger partial charge in [0.1, 0.15) is 5.69 Å². The van der Waals surface area contributed by atoms with E-state index in [0.29, 0.717) is 17.3 Å². The molecule has 1 N–H and O–H groups in total. The molecule has 7 heteroatoms. The Morgan fingerprint density at radius 2 is 2.19 bits per heavy atom. The molecule has 0 aliphatic rings. The zero-order valence-electron chi connectivity index (χ0n) is 12.1. The molecule has 0 saturated heterocycles. The SMILES string of the molecule is CC(C)c1nn(C)cc1CNc1cc(Cl)ccc1[N+](=O)[O-]. The van der Waals surface area contributed by atoms with Crippen LogP contribution in [0.15, 0.2) is 24.4 Å². The average Bonchev–Trinajstić information content (AvgIpc) is 2.77. The van der Waals surface area contributed by atoms with Crippen LogP contribution in [0.3, 0.4) is 0 Å². The van der Waals surface area contributed by atoms with Crippen LogP contribution < -0.4 is 5.32 Å². The number of aromatic nitrogens is 2. The van der Waals surface area contributed by atoms with E-state index >= 15 is 0 Å². The summed E-state index contributed by atoms with van der Waals surface area (Å²) in [5, 5.41) is 19.0. The van der Waals surface area contributed by atoms with Gasteiger partial charge in [0.15, 0.2) is 0 Å². The van der Waals surface area contributed by atoms with Gasteiger partial charge in [-0.05, 0) is 18.1 Å². The number of nitrogens with zero attached hydrogens (tertiary/aromatic N) is 3. The molecule has 1 heterocycles. The largest absolute Gasteiger partial charge is 0.375 e. The monoisotopic (exact) mass is 308 g/mol. The molecule has 2 aromatic rings. The highest BCUT2D eigenvalue weighted by atomic mass is 35.5. The molecule has 1 aromatic heterocycles. The van der Waals surface area contributed by atoms with Crippen LogP contribution in [0.2, 0.25) is 5.02 Å². The molecule has 0 saturated carbocycles. The van der Waals surface area contributed by atoms with Gasteiger partial charge in [0.2, 0.25) is 0 Å². The van der Waals surface area contributed by atoms with Crippen LogP contribution in [0.5, 0.6) is 0 Å². The number of nitrogens with one attached hydrogen (secondary N) is 1. The molecule has 0 fully saturated rings. The standard InChI is InChI=1S/C14H17ClN4O2/c1-9(2)14-10(8-18(3)17-14)7-16-12-6-11(15)4-5-13(12)19(20)21/h4-6,8-9,16H,7H2,1-3H3. The summed E-state index contributed by atoms with van der Waals surface area (Å²) in [5.41, 5.74) is 2.41. The normalized spacial score (nSPS) is 10.9. The van der Waals surface area contributed by atoms with Gasteiger partial charge in [-0.3, -0.25) is 14.8 Å². The number of hydrogen-bond donors (Lipinski definition) is 1. The first-order chi connectivity index (χ1) is 9.88. The van der Waals surface area contributed by atoms with Gasteiger partial charge >= 0.3 is 0 Å². The van der Waals surface area contributed by atoms with Crippen molar-refractivity contribution in [2.24, 2.45) is 7.05 Å². The van der Waals surface area contributed by atoms with Crippen LogP contribution in [0, 0.1) is 10.1 Å². The van der Waals surface area contributed by atoms with Crippen LogP contribution in [0.4, 0.5) is 11.4 Å². The van der Waals surface area contributed by atoms with Gasteiger partial charge < -0.3 is 5.32 Å². The second-order valence-electron chi connectivity index (χ2n) is 5.14. The Balaban J connectivity index is 2.24. The lowest BCUT2D eigenvalue weighted by Crippen LogP contribution is -2.04. The predicted molar refractivity (Wildman–Crippen MR) is 82.7 cm³/mol. The minimum absolute atomic E-state index is 0.00869. The molecule has 0 radical (unpaired) electrons. The third-order valence-electron chi connectivity index (χ3n) is 3.11. The fourth-order valence-electron chi connectivity index (χ4n) is 2.18. The molecule has 0 atom stereocenters. The summed E-state index contributed by atoms with van der Waals surface area (Å²) in [6.07, 6.45) is 1.92. The Labute approximate surface area is 127 Å². The number of aryl methyl sites for hydroxylation is 1. The zero-order chi connectivity index (χ0) is 15.6. The molecule has 0 unspecified atom stereocenters. The summed E-state index contributed by atoms with van der Waals surface area (Å²) in [4.78, 5) is 10.6. The van der Waals surface area contributed by atoms with Crippen LogP contribution in [0.1, 0.15) is 31.0 Å². The Morgan fingerprint density at radius 3 is 2.81 bits per heavy atom. The molecular weight excluding hydrogens is 292 g/mol. The highest BCUT2D eigenvalue weighted by molar-refractivity contribution is 6.31. The molecule has 1 aromatic carbocycles. The smallest absolute Gasteiger partial charge is 0.292 e. The highest BCUT2D eigenvalue weighted by Gasteiger charge is 2.16. The fraction of sp³-hybridized carbons (Fsp3) is 0.357. The van der Waals surface area contributed by atoms with Gasteiger partial charge in [0, 0.05) is 36.4 Å². The van der Waals surface area contributed by atoms with E-state index in [1.807, 2.05) is 13.2 Å². The number of anilines is 1. The molecule has 0 spiro atoms. The van der Waals surface area contributed by atoms with Crippen molar-refractivity contribution in [1.82, 2.24) is 9.78 Å². The van der Waals surface area contributed by atoms with Crippen molar-refractivity contribution < 1.29 is 4.92 Å². The van der Waals surface area contributed by atoms with Crippen LogP contribution in [-0.4, -0.2) is 14.7 Å². The summed E-state index contributed by atoms with van der Waals surface area (Å²) in [5.74, 6) is 0.289. The number of nitro groups is 1. The summed E-state index contributed by atoms with van der Waals surface area (Å²) in [6, 6.07) is 4.47. The number of halogens is 1. The average molecular weight is 309 g/mol. The third kappa shape index (κ3) is 3.52. The van der Waals surface area contributed by atoms with Crippen molar-refractivity contribution in [2.45, 2.75) is 26.3 Å². The Kier molecular flexibility index (Phi) is 4.47. The van der Waals surface area contributed by atoms with Gasteiger partial charge in [-0.1, -0.05) is 25.4 Å². The van der Waals surface area contributed by atoms with Crippen molar-refractivity contribution in [2.75, 3.05) is 5.32 Å². The maximum absolute atomic E-state index is 11.0. The minimum atomic E-state index is -0.425. The molecule has 112 valence electrons. The first kappa shape index (κ1) is 15.3. The predicted octanol–water partition coefficient (Wildman–Crippen LogP) is 3.72. The molecule has 6 nitrogen and oxygen atoms in total. The summed E-state index contributed by atoms with van der Waals surface area (Å²) in [6.45, 7) is 4.59. The van der Waals surface area contributed by atoms with Crippen LogP contribution in [0.25, 0.3) is 0 Å². The molecule has 0 bridgehead atoms. The molecule has 21 heavy (non-hydrogen) atoms. The Morgan fingerprint density at radius 1 is 1.48 bits per heavy atom. The first-order valence-electron chi connectivity index (χ1n) is 6.58. The van der Waals surface area contributed by atoms with Gasteiger partial charge in [-0.15, -0.1) is 0 Å². The molecule has 0 amide bonds. The quantitative estimate of drug-likeness (QED) is 0.675. The van der Waals surface area contributed by atoms with E-state index < -0.39 is 4.92 Å². The van der Waals surface area contributed by atoms with E-state index in [0.717, 1.165) is 11.3 Å². The maximum atomic E-state index is 11.0. The molecule has 0 aliphatic carbocycles. The lowest BCUT2D eigenvalue weighted by Gasteiger charge is -2.09. The number of benzene rings is 1. The Hall–Kier alpha value is -2.08. The van der Waals surface area contributed by atoms with E-state index in [9.17, 15) is 10.1 Å². The van der Waals surface area contributed by atoms with Crippen LogP contribution in [-0.2, 0) is 13.6 Å². The van der Waals surface area contributed by atoms with Gasteiger partial charge in [-0.25, -0.2) is 0 Å². The topological polar surface area (TPSA) is 73.0 Å². The first-order valence-corrected chi connectivity index (χ1v) is 6.96. The second-order valence-corrected chi connectivity index (χ2v) is 5.58. The zero-order valence-corrected chi connectivity index (χ0v) is 12.9. The van der Waals surface area contributed by atoms with E-state index in [1.165, 1.54) is 12.1 Å². The fourth-order valence-corrected chi connectivity index (χ4v) is 2.35. The number of hydrogen-bond acceptors (Lipinski definition) is 4. The van der Waals surface area contributed by atoms with E-state index in [4.69, 9.17) is 11.6 Å². The molecule has 2 rings (SSSR count). The lowest BCUT2D eigenvalue weighted by molar-refractivity contribution is -0.384. The van der Waals surface area contributed by atoms with Gasteiger partial charge in [0.25, 0.3) is 5.69 Å². The molecule has 0 aliphatic heterocycles. The van der Waals surface area contributed by atoms with Gasteiger partial charge in [0.05, 0.1) is 10.6 Å². The van der Waals surface area contributed by atoms with E-state index in [1.54, 1.807) is 10.7 Å². The van der Waals surface area contributed by atoms with E-state index in [-0.39, 0.29) is 11.6 Å². The van der Waals surface area contributed by atoms with Crippen molar-refractivity contribution in [3.05, 3.63) is 50.8 Å². The third-order valence-corrected chi connectivity index (χ3v) is 3.34. The second kappa shape index (κ2) is 6.13. The summed E-state index contributed by atoms with van der Waals surface area (Å²) in [7, 11) is 1.86. The van der Waals surface area contributed by atoms with Crippen molar-refractivity contribution >= 4 is 23.0 Å². The molecular formula is C14H17ClN4O2. The summed E-state index contributed by atoms with van der Waals surface area (Å²) >= 11 is 5.91. The Bertz CT molecular complexity index is 667. The lowest BCUT2D eigenvalue weighted by atomic mass is 10.1. The number of rotatable bonds is 5. The van der Waals surface area contributed by atoms with Crippen molar-refractivity contribution in [3.8, 4) is 0 Å². The van der Waals surface area contributed by atoms with E-state index in [2.05, 4.69) is 24.3 Å². The van der Waals surface area contributed by atoms with Crippen molar-refractivity contribution in [1.29, 1.82) is 0 Å². The van der Waals surface area contributed by atoms with Crippen molar-refractivity contribution in [3.63, 3.8) is 0 Å². The number of nitro benzene ring substituents is 1.